The van der Waals surface area contributed by atoms with Crippen LogP contribution in [0.5, 0.6) is 0 Å². The third-order valence-electron chi connectivity index (χ3n) is 3.39. The molecule has 1 N–H and O–H groups in total. The predicted molar refractivity (Wildman–Crippen MR) is 77.6 cm³/mol. The van der Waals surface area contributed by atoms with Crippen LogP contribution in [0.1, 0.15) is 37.4 Å². The maximum Gasteiger partial charge on any atom is 0.222 e. The van der Waals surface area contributed by atoms with E-state index in [4.69, 9.17) is 11.6 Å². The molecule has 0 aliphatic heterocycles. The van der Waals surface area contributed by atoms with E-state index >= 15 is 0 Å². The summed E-state index contributed by atoms with van der Waals surface area (Å²) in [6.07, 6.45) is 4.36. The topological polar surface area (TPSA) is 59.8 Å². The summed E-state index contributed by atoms with van der Waals surface area (Å²) in [6, 6.07) is 4.15. The van der Waals surface area contributed by atoms with Crippen LogP contribution in [0.15, 0.2) is 18.3 Å². The fourth-order valence-electron chi connectivity index (χ4n) is 2.24. The fraction of sp³-hybridized carbons (Fsp3) is 0.500. The Hall–Kier alpha value is -1.62. The molecule has 5 nitrogen and oxygen atoms in total. The number of hydrogen-bond donors (Lipinski definition) is 1. The summed E-state index contributed by atoms with van der Waals surface area (Å²) in [5.41, 5.74) is 1.60. The van der Waals surface area contributed by atoms with Crippen LogP contribution >= 0.6 is 11.6 Å². The second kappa shape index (κ2) is 5.40. The molecule has 1 aliphatic carbocycles. The Bertz CT molecular complexity index is 633. The average Bonchev–Trinajstić information content (AvgIpc) is 3.15. The predicted octanol–water partition coefficient (Wildman–Crippen LogP) is 2.40. The quantitative estimate of drug-likeness (QED) is 0.861. The van der Waals surface area contributed by atoms with Crippen molar-refractivity contribution in [3.05, 3.63) is 24.2 Å². The molecule has 20 heavy (non-hydrogen) atoms. The van der Waals surface area contributed by atoms with E-state index in [-0.39, 0.29) is 11.3 Å². The number of halogens is 1. The van der Waals surface area contributed by atoms with Crippen molar-refractivity contribution in [3.63, 3.8) is 0 Å². The Morgan fingerprint density at radius 3 is 3.10 bits per heavy atom. The minimum atomic E-state index is -0.212. The van der Waals surface area contributed by atoms with Crippen molar-refractivity contribution in [1.82, 2.24) is 19.9 Å². The number of fused-ring (bicyclic) bond motifs is 1. The number of amides is 1. The first-order valence-corrected chi connectivity index (χ1v) is 7.33. The van der Waals surface area contributed by atoms with Crippen molar-refractivity contribution < 1.29 is 4.79 Å². The molecule has 3 rings (SSSR count). The van der Waals surface area contributed by atoms with Gasteiger partial charge in [-0.15, -0.1) is 11.6 Å². The summed E-state index contributed by atoms with van der Waals surface area (Å²) in [5, 5.41) is 2.77. The first kappa shape index (κ1) is 13.4. The summed E-state index contributed by atoms with van der Waals surface area (Å²) < 4.78 is 1.94. The molecule has 1 amide bonds. The van der Waals surface area contributed by atoms with E-state index in [9.17, 15) is 4.79 Å². The number of aromatic nitrogens is 3. The van der Waals surface area contributed by atoms with Crippen LogP contribution in [0.2, 0.25) is 0 Å². The lowest BCUT2D eigenvalue weighted by Crippen LogP contribution is -2.26. The zero-order valence-corrected chi connectivity index (χ0v) is 12.1. The normalized spacial score (nSPS) is 16.3. The Balaban J connectivity index is 1.80. The minimum absolute atomic E-state index is 0.0819. The van der Waals surface area contributed by atoms with Gasteiger partial charge in [0.05, 0.1) is 5.38 Å². The smallest absolute Gasteiger partial charge is 0.222 e. The molecule has 2 aromatic rings. The zero-order chi connectivity index (χ0) is 14.1. The summed E-state index contributed by atoms with van der Waals surface area (Å²) in [6.45, 7) is 2.43. The molecule has 1 fully saturated rings. The molecule has 6 heteroatoms. The Kier molecular flexibility index (Phi) is 3.61. The zero-order valence-electron chi connectivity index (χ0n) is 11.3. The Morgan fingerprint density at radius 2 is 2.40 bits per heavy atom. The van der Waals surface area contributed by atoms with Crippen molar-refractivity contribution in [2.24, 2.45) is 0 Å². The van der Waals surface area contributed by atoms with Crippen LogP contribution in [0.4, 0.5) is 0 Å². The molecule has 1 aliphatic rings. The van der Waals surface area contributed by atoms with Gasteiger partial charge in [0.2, 0.25) is 5.91 Å². The molecule has 0 spiro atoms. The molecule has 1 atom stereocenters. The standard InChI is InChI=1S/C14H17ClN4O/c1-9(15)13-18-11-3-2-7-16-14(11)19(13)8-6-12(20)17-10-4-5-10/h2-3,7,9-10H,4-6,8H2,1H3,(H,17,20). The molecule has 0 aromatic carbocycles. The average molecular weight is 293 g/mol. The molecule has 1 saturated carbocycles. The molecule has 1 unspecified atom stereocenters. The molecule has 2 heterocycles. The lowest BCUT2D eigenvalue weighted by molar-refractivity contribution is -0.121. The van der Waals surface area contributed by atoms with Crippen LogP contribution in [0.3, 0.4) is 0 Å². The number of rotatable bonds is 5. The number of pyridine rings is 1. The molecule has 0 bridgehead atoms. The lowest BCUT2D eigenvalue weighted by Gasteiger charge is -2.10. The third-order valence-corrected chi connectivity index (χ3v) is 3.59. The second-order valence-electron chi connectivity index (χ2n) is 5.18. The SMILES string of the molecule is CC(Cl)c1nc2cccnc2n1CCC(=O)NC1CC1. The summed E-state index contributed by atoms with van der Waals surface area (Å²) in [4.78, 5) is 20.7. The van der Waals surface area contributed by atoms with Gasteiger partial charge in [0.15, 0.2) is 5.65 Å². The summed E-state index contributed by atoms with van der Waals surface area (Å²) >= 11 is 6.18. The van der Waals surface area contributed by atoms with E-state index in [0.29, 0.717) is 19.0 Å². The number of nitrogens with zero attached hydrogens (tertiary/aromatic N) is 3. The van der Waals surface area contributed by atoms with Crippen LogP contribution in [-0.2, 0) is 11.3 Å². The van der Waals surface area contributed by atoms with Gasteiger partial charge in [-0.3, -0.25) is 4.79 Å². The Morgan fingerprint density at radius 1 is 1.60 bits per heavy atom. The molecule has 0 saturated heterocycles. The number of nitrogens with one attached hydrogen (secondary N) is 1. The fourth-order valence-corrected chi connectivity index (χ4v) is 2.41. The monoisotopic (exact) mass is 292 g/mol. The maximum absolute atomic E-state index is 11.8. The van der Waals surface area contributed by atoms with Crippen LogP contribution < -0.4 is 5.32 Å². The van der Waals surface area contributed by atoms with Crippen molar-refractivity contribution in [2.75, 3.05) is 0 Å². The van der Waals surface area contributed by atoms with Crippen LogP contribution in [0.25, 0.3) is 11.2 Å². The van der Waals surface area contributed by atoms with E-state index in [1.54, 1.807) is 6.20 Å². The second-order valence-corrected chi connectivity index (χ2v) is 5.83. The number of hydrogen-bond acceptors (Lipinski definition) is 3. The van der Waals surface area contributed by atoms with Crippen molar-refractivity contribution >= 4 is 28.7 Å². The van der Waals surface area contributed by atoms with Gasteiger partial charge in [-0.05, 0) is 31.9 Å². The highest BCUT2D eigenvalue weighted by Gasteiger charge is 2.23. The van der Waals surface area contributed by atoms with Crippen LogP contribution in [0, 0.1) is 0 Å². The summed E-state index contributed by atoms with van der Waals surface area (Å²) in [5.74, 6) is 0.845. The van der Waals surface area contributed by atoms with Gasteiger partial charge in [-0.25, -0.2) is 9.97 Å². The van der Waals surface area contributed by atoms with E-state index in [2.05, 4.69) is 15.3 Å². The first-order chi connectivity index (χ1) is 9.65. The number of carbonyl (C=O) groups excluding carboxylic acids is 1. The molecule has 106 valence electrons. The van der Waals surface area contributed by atoms with Gasteiger partial charge in [0.25, 0.3) is 0 Å². The van der Waals surface area contributed by atoms with Gasteiger partial charge in [-0.1, -0.05) is 0 Å². The van der Waals surface area contributed by atoms with Gasteiger partial charge >= 0.3 is 0 Å². The molecular formula is C14H17ClN4O. The third kappa shape index (κ3) is 2.77. The number of carbonyl (C=O) groups is 1. The van der Waals surface area contributed by atoms with E-state index in [1.807, 2.05) is 23.6 Å². The largest absolute Gasteiger partial charge is 0.353 e. The first-order valence-electron chi connectivity index (χ1n) is 6.89. The van der Waals surface area contributed by atoms with E-state index in [1.165, 1.54) is 0 Å². The summed E-state index contributed by atoms with van der Waals surface area (Å²) in [7, 11) is 0. The van der Waals surface area contributed by atoms with Gasteiger partial charge in [0.1, 0.15) is 11.3 Å². The maximum atomic E-state index is 11.8. The highest BCUT2D eigenvalue weighted by atomic mass is 35.5. The van der Waals surface area contributed by atoms with E-state index < -0.39 is 0 Å². The van der Waals surface area contributed by atoms with Crippen molar-refractivity contribution in [3.8, 4) is 0 Å². The number of alkyl halides is 1. The van der Waals surface area contributed by atoms with Gasteiger partial charge in [0, 0.05) is 25.2 Å². The van der Waals surface area contributed by atoms with Crippen molar-refractivity contribution in [2.45, 2.75) is 44.1 Å². The highest BCUT2D eigenvalue weighted by molar-refractivity contribution is 6.20. The highest BCUT2D eigenvalue weighted by Crippen LogP contribution is 2.24. The van der Waals surface area contributed by atoms with Gasteiger partial charge < -0.3 is 9.88 Å². The molecule has 0 radical (unpaired) electrons. The lowest BCUT2D eigenvalue weighted by atomic mass is 10.3. The van der Waals surface area contributed by atoms with Crippen LogP contribution in [-0.4, -0.2) is 26.5 Å². The van der Waals surface area contributed by atoms with Gasteiger partial charge in [-0.2, -0.15) is 0 Å². The van der Waals surface area contributed by atoms with Crippen molar-refractivity contribution in [1.29, 1.82) is 0 Å². The van der Waals surface area contributed by atoms with E-state index in [0.717, 1.165) is 29.8 Å². The molecule has 2 aromatic heterocycles. The number of aryl methyl sites for hydroxylation is 1. The minimum Gasteiger partial charge on any atom is -0.353 e. The molecular weight excluding hydrogens is 276 g/mol. The number of imidazole rings is 1. The Labute approximate surface area is 122 Å².